The summed E-state index contributed by atoms with van der Waals surface area (Å²) in [7, 11) is 0. The first-order valence-corrected chi connectivity index (χ1v) is 10.8. The highest BCUT2D eigenvalue weighted by atomic mass is 79.9. The Morgan fingerprint density at radius 1 is 0.966 bits per heavy atom. The summed E-state index contributed by atoms with van der Waals surface area (Å²) < 4.78 is 0.913. The molecule has 0 aromatic heterocycles. The van der Waals surface area contributed by atoms with Gasteiger partial charge in [0.05, 0.1) is 18.4 Å². The van der Waals surface area contributed by atoms with Crippen LogP contribution in [-0.2, 0) is 16.1 Å². The number of amides is 3. The molecular weight excluding hydrogens is 456 g/mol. The van der Waals surface area contributed by atoms with Gasteiger partial charge in [-0.25, -0.2) is 5.01 Å². The van der Waals surface area contributed by atoms with Gasteiger partial charge in [-0.1, -0.05) is 52.5 Å². The van der Waals surface area contributed by atoms with Gasteiger partial charge in [0.2, 0.25) is 0 Å². The van der Waals surface area contributed by atoms with Crippen LogP contribution in [0, 0.1) is 11.8 Å². The minimum absolute atomic E-state index is 0.131. The van der Waals surface area contributed by atoms with Gasteiger partial charge in [-0.2, -0.15) is 5.01 Å². The minimum Gasteiger partial charge on any atom is -0.272 e. The summed E-state index contributed by atoms with van der Waals surface area (Å²) in [6, 6.07) is 13.9. The van der Waals surface area contributed by atoms with E-state index >= 15 is 0 Å². The van der Waals surface area contributed by atoms with Gasteiger partial charge in [0.15, 0.2) is 0 Å². The average molecular weight is 476 g/mol. The molecule has 3 amide bonds. The molecule has 0 bridgehead atoms. The first kappa shape index (κ1) is 20.1. The molecule has 1 saturated carbocycles. The molecule has 2 aromatic rings. The van der Waals surface area contributed by atoms with Gasteiger partial charge >= 0.3 is 0 Å². The monoisotopic (exact) mass is 474 g/mol. The smallest absolute Gasteiger partial charge is 0.272 e. The summed E-state index contributed by atoms with van der Waals surface area (Å²) in [6.07, 6.45) is 3.28. The molecule has 2 atom stereocenters. The number of nitrogens with zero attached hydrogens (tertiary/aromatic N) is 2. The van der Waals surface area contributed by atoms with Gasteiger partial charge in [-0.3, -0.25) is 14.4 Å². The van der Waals surface area contributed by atoms with Crippen molar-refractivity contribution in [2.24, 2.45) is 11.8 Å². The van der Waals surface area contributed by atoms with E-state index in [-0.39, 0.29) is 30.2 Å². The maximum Gasteiger partial charge on any atom is 0.273 e. The van der Waals surface area contributed by atoms with Crippen LogP contribution < -0.4 is 0 Å². The van der Waals surface area contributed by atoms with E-state index in [1.54, 1.807) is 24.3 Å². The number of hydrazine groups is 1. The standard InChI is InChI=1S/C22H20BrClN2O3/c23-16-9-5-14(6-10-16)13-25(20(27)15-7-11-17(24)12-8-15)26-21(28)18-3-1-2-4-19(18)22(26)29/h5-12,18-19H,1-4,13H2. The molecule has 2 aromatic carbocycles. The van der Waals surface area contributed by atoms with Crippen molar-refractivity contribution in [1.82, 2.24) is 10.0 Å². The highest BCUT2D eigenvalue weighted by molar-refractivity contribution is 9.10. The lowest BCUT2D eigenvalue weighted by molar-refractivity contribution is -0.155. The molecule has 1 aliphatic carbocycles. The second-order valence-corrected chi connectivity index (χ2v) is 8.83. The quantitative estimate of drug-likeness (QED) is 0.595. The second kappa shape index (κ2) is 8.28. The van der Waals surface area contributed by atoms with Gasteiger partial charge in [-0.05, 0) is 54.8 Å². The maximum atomic E-state index is 13.3. The number of imide groups is 1. The number of carbonyl (C=O) groups excluding carboxylic acids is 3. The highest BCUT2D eigenvalue weighted by Gasteiger charge is 2.51. The van der Waals surface area contributed by atoms with Crippen LogP contribution in [0.1, 0.15) is 41.6 Å². The van der Waals surface area contributed by atoms with Crippen LogP contribution in [0.3, 0.4) is 0 Å². The summed E-state index contributed by atoms with van der Waals surface area (Å²) in [5.41, 5.74) is 1.20. The molecule has 1 heterocycles. The summed E-state index contributed by atoms with van der Waals surface area (Å²) in [5.74, 6) is -1.56. The SMILES string of the molecule is O=C(c1ccc(Cl)cc1)N(Cc1ccc(Br)cc1)N1C(=O)C2CCCCC2C1=O. The topological polar surface area (TPSA) is 57.7 Å². The molecule has 7 heteroatoms. The van der Waals surface area contributed by atoms with E-state index in [0.717, 1.165) is 27.9 Å². The molecule has 0 spiro atoms. The van der Waals surface area contributed by atoms with Crippen molar-refractivity contribution in [1.29, 1.82) is 0 Å². The summed E-state index contributed by atoms with van der Waals surface area (Å²) in [6.45, 7) is 0.131. The predicted octanol–water partition coefficient (Wildman–Crippen LogP) is 4.84. The summed E-state index contributed by atoms with van der Waals surface area (Å²) >= 11 is 9.35. The summed E-state index contributed by atoms with van der Waals surface area (Å²) in [5, 5.41) is 2.90. The third-order valence-corrected chi connectivity index (χ3v) is 6.41. The van der Waals surface area contributed by atoms with Crippen LogP contribution in [0.2, 0.25) is 5.02 Å². The number of carbonyl (C=O) groups is 3. The van der Waals surface area contributed by atoms with E-state index in [4.69, 9.17) is 11.6 Å². The zero-order chi connectivity index (χ0) is 20.5. The zero-order valence-corrected chi connectivity index (χ0v) is 18.0. The molecule has 0 radical (unpaired) electrons. The number of fused-ring (bicyclic) bond motifs is 1. The van der Waals surface area contributed by atoms with Crippen molar-refractivity contribution >= 4 is 45.3 Å². The summed E-state index contributed by atoms with van der Waals surface area (Å²) in [4.78, 5) is 39.6. The van der Waals surface area contributed by atoms with Gasteiger partial charge in [-0.15, -0.1) is 0 Å². The number of halogens is 2. The van der Waals surface area contributed by atoms with Crippen molar-refractivity contribution in [3.05, 3.63) is 69.2 Å². The third kappa shape index (κ3) is 3.96. The Balaban J connectivity index is 1.70. The van der Waals surface area contributed by atoms with E-state index in [0.29, 0.717) is 23.4 Å². The second-order valence-electron chi connectivity index (χ2n) is 7.48. The Hall–Kier alpha value is -2.18. The lowest BCUT2D eigenvalue weighted by Gasteiger charge is -2.30. The van der Waals surface area contributed by atoms with E-state index in [1.165, 1.54) is 5.01 Å². The van der Waals surface area contributed by atoms with E-state index in [2.05, 4.69) is 15.9 Å². The van der Waals surface area contributed by atoms with Crippen LogP contribution in [0.4, 0.5) is 0 Å². The molecule has 2 aliphatic rings. The molecule has 4 rings (SSSR count). The van der Waals surface area contributed by atoms with Gasteiger partial charge in [0.25, 0.3) is 17.7 Å². The number of hydrogen-bond acceptors (Lipinski definition) is 3. The van der Waals surface area contributed by atoms with Crippen molar-refractivity contribution in [3.8, 4) is 0 Å². The Bertz CT molecular complexity index is 922. The highest BCUT2D eigenvalue weighted by Crippen LogP contribution is 2.39. The molecule has 2 unspecified atom stereocenters. The fourth-order valence-electron chi connectivity index (χ4n) is 4.12. The fourth-order valence-corrected chi connectivity index (χ4v) is 4.51. The lowest BCUT2D eigenvalue weighted by atomic mass is 9.81. The fraction of sp³-hybridized carbons (Fsp3) is 0.318. The molecule has 29 heavy (non-hydrogen) atoms. The lowest BCUT2D eigenvalue weighted by Crippen LogP contribution is -2.49. The largest absolute Gasteiger partial charge is 0.273 e. The first-order chi connectivity index (χ1) is 14.0. The van der Waals surface area contributed by atoms with Crippen molar-refractivity contribution in [2.45, 2.75) is 32.2 Å². The Morgan fingerprint density at radius 2 is 1.52 bits per heavy atom. The molecule has 1 saturated heterocycles. The molecule has 2 fully saturated rings. The Kier molecular flexibility index (Phi) is 5.74. The van der Waals surface area contributed by atoms with Crippen molar-refractivity contribution < 1.29 is 14.4 Å². The molecule has 1 aliphatic heterocycles. The number of benzene rings is 2. The van der Waals surface area contributed by atoms with Crippen LogP contribution in [0.15, 0.2) is 53.0 Å². The minimum atomic E-state index is -0.398. The molecular formula is C22H20BrClN2O3. The van der Waals surface area contributed by atoms with Gasteiger partial charge in [0, 0.05) is 15.1 Å². The zero-order valence-electron chi connectivity index (χ0n) is 15.7. The van der Waals surface area contributed by atoms with Crippen molar-refractivity contribution in [2.75, 3.05) is 0 Å². The van der Waals surface area contributed by atoms with Crippen LogP contribution in [0.5, 0.6) is 0 Å². The Morgan fingerprint density at radius 3 is 2.07 bits per heavy atom. The molecule has 150 valence electrons. The third-order valence-electron chi connectivity index (χ3n) is 5.63. The van der Waals surface area contributed by atoms with Crippen LogP contribution in [-0.4, -0.2) is 27.7 Å². The van der Waals surface area contributed by atoms with E-state index < -0.39 is 5.91 Å². The average Bonchev–Trinajstić information content (AvgIpc) is 2.98. The van der Waals surface area contributed by atoms with Crippen molar-refractivity contribution in [3.63, 3.8) is 0 Å². The predicted molar refractivity (Wildman–Crippen MR) is 113 cm³/mol. The first-order valence-electron chi connectivity index (χ1n) is 9.65. The number of hydrogen-bond donors (Lipinski definition) is 0. The van der Waals surface area contributed by atoms with E-state index in [1.807, 2.05) is 24.3 Å². The number of rotatable bonds is 4. The van der Waals surface area contributed by atoms with Crippen LogP contribution >= 0.6 is 27.5 Å². The van der Waals surface area contributed by atoms with E-state index in [9.17, 15) is 14.4 Å². The molecule has 5 nitrogen and oxygen atoms in total. The molecule has 0 N–H and O–H groups in total. The van der Waals surface area contributed by atoms with Gasteiger partial charge < -0.3 is 0 Å². The Labute approximate surface area is 182 Å². The maximum absolute atomic E-state index is 13.3. The van der Waals surface area contributed by atoms with Crippen LogP contribution in [0.25, 0.3) is 0 Å². The van der Waals surface area contributed by atoms with Gasteiger partial charge in [0.1, 0.15) is 0 Å². The normalized spacial score (nSPS) is 21.2.